The standard InChI is InChI=1S/C12H16BrClN2O2S/c1-8-7-9(5-6-15-8)16-19(17,18)11-4-2-3-10(13)12(11)14/h2-4,8-9,15-16H,5-7H2,1H3. The van der Waals surface area contributed by atoms with Crippen LogP contribution >= 0.6 is 27.5 Å². The average Bonchev–Trinajstić information content (AvgIpc) is 2.32. The summed E-state index contributed by atoms with van der Waals surface area (Å²) < 4.78 is 28.0. The third-order valence-corrected chi connectivity index (χ3v) is 6.12. The van der Waals surface area contributed by atoms with Gasteiger partial charge in [0.1, 0.15) is 4.90 Å². The molecule has 2 unspecified atom stereocenters. The second-order valence-corrected chi connectivity index (χ2v) is 7.66. The minimum atomic E-state index is -3.58. The lowest BCUT2D eigenvalue weighted by Gasteiger charge is -2.28. The molecule has 1 heterocycles. The number of rotatable bonds is 3. The van der Waals surface area contributed by atoms with E-state index in [2.05, 4.69) is 26.0 Å². The lowest BCUT2D eigenvalue weighted by atomic mass is 10.0. The maximum Gasteiger partial charge on any atom is 0.242 e. The highest BCUT2D eigenvalue weighted by Crippen LogP contribution is 2.29. The second-order valence-electron chi connectivity index (χ2n) is 4.75. The summed E-state index contributed by atoms with van der Waals surface area (Å²) in [6.07, 6.45) is 1.57. The molecule has 2 atom stereocenters. The maximum absolute atomic E-state index is 12.3. The molecule has 19 heavy (non-hydrogen) atoms. The number of halogens is 2. The summed E-state index contributed by atoms with van der Waals surface area (Å²) in [7, 11) is -3.58. The Bertz CT molecular complexity index is 565. The topological polar surface area (TPSA) is 58.2 Å². The number of nitrogens with one attached hydrogen (secondary N) is 2. The van der Waals surface area contributed by atoms with Crippen molar-refractivity contribution in [2.75, 3.05) is 6.54 Å². The Labute approximate surface area is 127 Å². The summed E-state index contributed by atoms with van der Waals surface area (Å²) in [6, 6.07) is 5.17. The molecule has 2 N–H and O–H groups in total. The predicted molar refractivity (Wildman–Crippen MR) is 80.0 cm³/mol. The molecular formula is C12H16BrClN2O2S. The van der Waals surface area contributed by atoms with Crippen molar-refractivity contribution in [3.05, 3.63) is 27.7 Å². The lowest BCUT2D eigenvalue weighted by molar-refractivity contribution is 0.361. The van der Waals surface area contributed by atoms with Gasteiger partial charge in [-0.15, -0.1) is 0 Å². The highest BCUT2D eigenvalue weighted by atomic mass is 79.9. The molecule has 2 rings (SSSR count). The first-order chi connectivity index (χ1) is 8.90. The van der Waals surface area contributed by atoms with Crippen LogP contribution in [0.5, 0.6) is 0 Å². The van der Waals surface area contributed by atoms with Crippen LogP contribution in [-0.2, 0) is 10.0 Å². The van der Waals surface area contributed by atoms with Gasteiger partial charge in [-0.3, -0.25) is 0 Å². The number of benzene rings is 1. The van der Waals surface area contributed by atoms with E-state index >= 15 is 0 Å². The van der Waals surface area contributed by atoms with Crippen molar-refractivity contribution in [3.8, 4) is 0 Å². The molecule has 0 spiro atoms. The Kier molecular flexibility index (Phi) is 4.89. The molecule has 0 radical (unpaired) electrons. The van der Waals surface area contributed by atoms with Gasteiger partial charge < -0.3 is 5.32 Å². The van der Waals surface area contributed by atoms with Gasteiger partial charge >= 0.3 is 0 Å². The van der Waals surface area contributed by atoms with Gasteiger partial charge in [-0.1, -0.05) is 17.7 Å². The molecule has 1 aliphatic rings. The SMILES string of the molecule is CC1CC(NS(=O)(=O)c2cccc(Br)c2Cl)CCN1. The van der Waals surface area contributed by atoms with E-state index in [1.165, 1.54) is 6.07 Å². The Morgan fingerprint density at radius 2 is 2.21 bits per heavy atom. The van der Waals surface area contributed by atoms with Crippen molar-refractivity contribution in [3.63, 3.8) is 0 Å². The monoisotopic (exact) mass is 366 g/mol. The van der Waals surface area contributed by atoms with Crippen LogP contribution in [0.4, 0.5) is 0 Å². The van der Waals surface area contributed by atoms with Crippen LogP contribution < -0.4 is 10.0 Å². The first-order valence-corrected chi connectivity index (χ1v) is 8.75. The summed E-state index contributed by atoms with van der Waals surface area (Å²) in [5.74, 6) is 0. The third kappa shape index (κ3) is 3.70. The van der Waals surface area contributed by atoms with E-state index < -0.39 is 10.0 Å². The van der Waals surface area contributed by atoms with Gasteiger partial charge in [0.15, 0.2) is 0 Å². The fraction of sp³-hybridized carbons (Fsp3) is 0.500. The molecule has 0 aromatic heterocycles. The number of hydrogen-bond acceptors (Lipinski definition) is 3. The first-order valence-electron chi connectivity index (χ1n) is 6.10. The quantitative estimate of drug-likeness (QED) is 0.863. The van der Waals surface area contributed by atoms with Crippen molar-refractivity contribution < 1.29 is 8.42 Å². The van der Waals surface area contributed by atoms with Gasteiger partial charge in [0.25, 0.3) is 0 Å². The zero-order valence-corrected chi connectivity index (χ0v) is 13.6. The van der Waals surface area contributed by atoms with Crippen molar-refractivity contribution >= 4 is 37.6 Å². The van der Waals surface area contributed by atoms with Crippen LogP contribution in [0.2, 0.25) is 5.02 Å². The van der Waals surface area contributed by atoms with Crippen LogP contribution in [0, 0.1) is 0 Å². The van der Waals surface area contributed by atoms with Crippen LogP contribution in [0.25, 0.3) is 0 Å². The zero-order valence-electron chi connectivity index (χ0n) is 10.5. The lowest BCUT2D eigenvalue weighted by Crippen LogP contribution is -2.46. The minimum Gasteiger partial charge on any atom is -0.314 e. The first kappa shape index (κ1) is 15.3. The van der Waals surface area contributed by atoms with Crippen LogP contribution in [0.15, 0.2) is 27.6 Å². The molecule has 0 aliphatic carbocycles. The summed E-state index contributed by atoms with van der Waals surface area (Å²) in [4.78, 5) is 0.120. The van der Waals surface area contributed by atoms with E-state index in [1.54, 1.807) is 12.1 Å². The molecule has 1 aromatic rings. The average molecular weight is 368 g/mol. The molecule has 1 fully saturated rings. The van der Waals surface area contributed by atoms with Gasteiger partial charge in [0.2, 0.25) is 10.0 Å². The molecule has 106 valence electrons. The van der Waals surface area contributed by atoms with Gasteiger partial charge in [-0.2, -0.15) is 0 Å². The van der Waals surface area contributed by atoms with Gasteiger partial charge in [-0.25, -0.2) is 13.1 Å². The normalized spacial score (nSPS) is 24.4. The van der Waals surface area contributed by atoms with Gasteiger partial charge in [0, 0.05) is 16.6 Å². The van der Waals surface area contributed by atoms with Crippen LogP contribution in [0.3, 0.4) is 0 Å². The van der Waals surface area contributed by atoms with Crippen molar-refractivity contribution in [1.29, 1.82) is 0 Å². The predicted octanol–water partition coefficient (Wildman–Crippen LogP) is 2.52. The van der Waals surface area contributed by atoms with Gasteiger partial charge in [-0.05, 0) is 54.4 Å². The molecule has 1 saturated heterocycles. The molecule has 0 amide bonds. The van der Waals surface area contributed by atoms with Crippen molar-refractivity contribution in [2.45, 2.75) is 36.7 Å². The fourth-order valence-electron chi connectivity index (χ4n) is 2.21. The number of sulfonamides is 1. The second kappa shape index (κ2) is 6.10. The summed E-state index contributed by atoms with van der Waals surface area (Å²) in [5, 5.41) is 3.51. The minimum absolute atomic E-state index is 0.0451. The fourth-order valence-corrected chi connectivity index (χ4v) is 4.53. The van der Waals surface area contributed by atoms with Crippen LogP contribution in [0.1, 0.15) is 19.8 Å². The third-order valence-electron chi connectivity index (χ3n) is 3.15. The molecule has 0 bridgehead atoms. The summed E-state index contributed by atoms with van der Waals surface area (Å²) >= 11 is 9.28. The van der Waals surface area contributed by atoms with Crippen LogP contribution in [-0.4, -0.2) is 27.0 Å². The Morgan fingerprint density at radius 1 is 1.47 bits per heavy atom. The number of hydrogen-bond donors (Lipinski definition) is 2. The van der Waals surface area contributed by atoms with E-state index in [-0.39, 0.29) is 16.0 Å². The molecule has 0 saturated carbocycles. The smallest absolute Gasteiger partial charge is 0.242 e. The van der Waals surface area contributed by atoms with E-state index in [4.69, 9.17) is 11.6 Å². The summed E-state index contributed by atoms with van der Waals surface area (Å²) in [5.41, 5.74) is 0. The Balaban J connectivity index is 2.20. The Morgan fingerprint density at radius 3 is 2.89 bits per heavy atom. The Hall–Kier alpha value is -0.140. The van der Waals surface area contributed by atoms with Crippen molar-refractivity contribution in [2.24, 2.45) is 0 Å². The van der Waals surface area contributed by atoms with E-state index in [9.17, 15) is 8.42 Å². The molecule has 1 aliphatic heterocycles. The molecular weight excluding hydrogens is 352 g/mol. The van der Waals surface area contributed by atoms with Crippen molar-refractivity contribution in [1.82, 2.24) is 10.0 Å². The van der Waals surface area contributed by atoms with E-state index in [0.29, 0.717) is 10.5 Å². The highest BCUT2D eigenvalue weighted by Gasteiger charge is 2.26. The maximum atomic E-state index is 12.3. The van der Waals surface area contributed by atoms with E-state index in [1.807, 2.05) is 6.92 Å². The largest absolute Gasteiger partial charge is 0.314 e. The van der Waals surface area contributed by atoms with Gasteiger partial charge in [0.05, 0.1) is 5.02 Å². The zero-order chi connectivity index (χ0) is 14.0. The summed E-state index contributed by atoms with van der Waals surface area (Å²) in [6.45, 7) is 2.87. The molecule has 7 heteroatoms. The number of piperidine rings is 1. The highest BCUT2D eigenvalue weighted by molar-refractivity contribution is 9.10. The molecule has 1 aromatic carbocycles. The molecule has 4 nitrogen and oxygen atoms in total. The van der Waals surface area contributed by atoms with E-state index in [0.717, 1.165) is 19.4 Å².